The van der Waals surface area contributed by atoms with Crippen molar-refractivity contribution in [2.24, 2.45) is 11.1 Å². The van der Waals surface area contributed by atoms with Crippen molar-refractivity contribution in [2.75, 3.05) is 5.32 Å². The molecule has 3 nitrogen and oxygen atoms in total. The Balaban J connectivity index is 2.92. The molecule has 1 aromatic carbocycles. The first-order valence-corrected chi connectivity index (χ1v) is 5.65. The molecule has 5 heteroatoms. The van der Waals surface area contributed by atoms with E-state index in [1.165, 1.54) is 6.92 Å². The van der Waals surface area contributed by atoms with Gasteiger partial charge in [-0.05, 0) is 24.0 Å². The topological polar surface area (TPSA) is 55.1 Å². The molecule has 0 aliphatic heterocycles. The molecule has 0 heterocycles. The lowest BCUT2D eigenvalue weighted by molar-refractivity contribution is -0.119. The summed E-state index contributed by atoms with van der Waals surface area (Å²) in [5.41, 5.74) is 5.27. The Morgan fingerprint density at radius 3 is 2.33 bits per heavy atom. The first-order valence-electron chi connectivity index (χ1n) is 5.65. The van der Waals surface area contributed by atoms with Crippen molar-refractivity contribution in [2.45, 2.75) is 33.7 Å². The zero-order valence-electron chi connectivity index (χ0n) is 11.0. The van der Waals surface area contributed by atoms with Crippen molar-refractivity contribution in [1.29, 1.82) is 0 Å². The minimum absolute atomic E-state index is 0.186. The Morgan fingerprint density at radius 1 is 1.28 bits per heavy atom. The first-order chi connectivity index (χ1) is 8.12. The van der Waals surface area contributed by atoms with Gasteiger partial charge in [0, 0.05) is 6.07 Å². The average molecular weight is 256 g/mol. The second-order valence-electron chi connectivity index (χ2n) is 5.41. The lowest BCUT2D eigenvalue weighted by atomic mass is 9.87. The second-order valence-corrected chi connectivity index (χ2v) is 5.41. The number of benzene rings is 1. The van der Waals surface area contributed by atoms with E-state index in [4.69, 9.17) is 5.73 Å². The molecule has 0 aliphatic carbocycles. The number of carbonyl (C=O) groups excluding carboxylic acids is 1. The van der Waals surface area contributed by atoms with E-state index < -0.39 is 29.0 Å². The summed E-state index contributed by atoms with van der Waals surface area (Å²) in [5, 5.41) is 2.31. The van der Waals surface area contributed by atoms with E-state index in [0.717, 1.165) is 12.1 Å². The fraction of sp³-hybridized carbons (Fsp3) is 0.462. The highest BCUT2D eigenvalue weighted by Crippen LogP contribution is 2.22. The van der Waals surface area contributed by atoms with Gasteiger partial charge in [0.25, 0.3) is 0 Å². The van der Waals surface area contributed by atoms with Gasteiger partial charge in [0.05, 0.1) is 11.7 Å². The quantitative estimate of drug-likeness (QED) is 0.854. The minimum atomic E-state index is -0.804. The average Bonchev–Trinajstić information content (AvgIpc) is 2.23. The van der Waals surface area contributed by atoms with Crippen LogP contribution in [0.1, 0.15) is 26.3 Å². The molecular weight excluding hydrogens is 238 g/mol. The zero-order chi connectivity index (χ0) is 14.1. The molecule has 0 saturated heterocycles. The van der Waals surface area contributed by atoms with Gasteiger partial charge in [-0.25, -0.2) is 8.78 Å². The van der Waals surface area contributed by atoms with Gasteiger partial charge in [0.15, 0.2) is 0 Å². The Hall–Kier alpha value is -1.49. The van der Waals surface area contributed by atoms with Crippen LogP contribution in [0.4, 0.5) is 14.5 Å². The van der Waals surface area contributed by atoms with Gasteiger partial charge in [-0.2, -0.15) is 0 Å². The molecule has 1 atom stereocenters. The predicted octanol–water partition coefficient (Wildman–Crippen LogP) is 2.59. The number of nitrogens with one attached hydrogen (secondary N) is 1. The normalized spacial score (nSPS) is 13.3. The van der Waals surface area contributed by atoms with Crippen molar-refractivity contribution >= 4 is 11.6 Å². The molecule has 0 aliphatic rings. The lowest BCUT2D eigenvalue weighted by Crippen LogP contribution is -2.45. The summed E-state index contributed by atoms with van der Waals surface area (Å²) in [6.07, 6.45) is 0. The molecule has 0 unspecified atom stereocenters. The Labute approximate surface area is 105 Å². The molecule has 3 N–H and O–H groups in total. The van der Waals surface area contributed by atoms with Gasteiger partial charge < -0.3 is 11.1 Å². The van der Waals surface area contributed by atoms with Gasteiger partial charge in [0.1, 0.15) is 11.6 Å². The number of aryl methyl sites for hydroxylation is 1. The van der Waals surface area contributed by atoms with Crippen LogP contribution in [0.3, 0.4) is 0 Å². The predicted molar refractivity (Wildman–Crippen MR) is 67.2 cm³/mol. The lowest BCUT2D eigenvalue weighted by Gasteiger charge is -2.25. The van der Waals surface area contributed by atoms with E-state index in [0.29, 0.717) is 0 Å². The molecule has 0 bridgehead atoms. The van der Waals surface area contributed by atoms with E-state index in [1.54, 1.807) is 20.8 Å². The standard InChI is InChI=1S/C13H18F2N2O/c1-7-5-9(15)10(6-8(7)14)17-12(18)11(16)13(2,3)4/h5-6,11H,16H2,1-4H3,(H,17,18)/t11-/m0/s1. The molecule has 1 rings (SSSR count). The van der Waals surface area contributed by atoms with Crippen LogP contribution < -0.4 is 11.1 Å². The molecule has 18 heavy (non-hydrogen) atoms. The van der Waals surface area contributed by atoms with Gasteiger partial charge in [0.2, 0.25) is 5.91 Å². The van der Waals surface area contributed by atoms with Crippen LogP contribution in [-0.4, -0.2) is 11.9 Å². The van der Waals surface area contributed by atoms with Crippen LogP contribution in [-0.2, 0) is 4.79 Å². The summed E-state index contributed by atoms with van der Waals surface area (Å²) in [5.74, 6) is -1.79. The highest BCUT2D eigenvalue weighted by molar-refractivity contribution is 5.95. The maximum absolute atomic E-state index is 13.5. The van der Waals surface area contributed by atoms with Crippen LogP contribution in [0.15, 0.2) is 12.1 Å². The summed E-state index contributed by atoms with van der Waals surface area (Å²) >= 11 is 0. The van der Waals surface area contributed by atoms with Crippen molar-refractivity contribution in [3.8, 4) is 0 Å². The van der Waals surface area contributed by atoms with Crippen molar-refractivity contribution in [1.82, 2.24) is 0 Å². The largest absolute Gasteiger partial charge is 0.322 e. The first kappa shape index (κ1) is 14.6. The molecule has 0 saturated carbocycles. The number of nitrogens with two attached hydrogens (primary N) is 1. The number of anilines is 1. The molecule has 0 fully saturated rings. The second kappa shape index (κ2) is 5.02. The van der Waals surface area contributed by atoms with Crippen molar-refractivity contribution in [3.63, 3.8) is 0 Å². The highest BCUT2D eigenvalue weighted by atomic mass is 19.1. The number of amides is 1. The number of carbonyl (C=O) groups is 1. The number of halogens is 2. The fourth-order valence-electron chi connectivity index (χ4n) is 1.35. The third-order valence-corrected chi connectivity index (χ3v) is 2.72. The summed E-state index contributed by atoms with van der Waals surface area (Å²) in [6.45, 7) is 6.83. The third kappa shape index (κ3) is 3.26. The van der Waals surface area contributed by atoms with Gasteiger partial charge in [-0.1, -0.05) is 20.8 Å². The van der Waals surface area contributed by atoms with E-state index in [-0.39, 0.29) is 11.3 Å². The van der Waals surface area contributed by atoms with E-state index >= 15 is 0 Å². The Kier molecular flexibility index (Phi) is 4.06. The van der Waals surface area contributed by atoms with E-state index in [2.05, 4.69) is 5.32 Å². The molecule has 0 spiro atoms. The molecule has 100 valence electrons. The Bertz CT molecular complexity index is 467. The number of rotatable bonds is 2. The van der Waals surface area contributed by atoms with Crippen LogP contribution in [0.5, 0.6) is 0 Å². The summed E-state index contributed by atoms with van der Waals surface area (Å²) in [7, 11) is 0. The smallest absolute Gasteiger partial charge is 0.241 e. The van der Waals surface area contributed by atoms with Gasteiger partial charge >= 0.3 is 0 Å². The molecule has 0 aromatic heterocycles. The highest BCUT2D eigenvalue weighted by Gasteiger charge is 2.28. The van der Waals surface area contributed by atoms with Crippen LogP contribution >= 0.6 is 0 Å². The molecular formula is C13H18F2N2O. The minimum Gasteiger partial charge on any atom is -0.322 e. The number of hydrogen-bond acceptors (Lipinski definition) is 2. The fourth-order valence-corrected chi connectivity index (χ4v) is 1.35. The van der Waals surface area contributed by atoms with Crippen molar-refractivity contribution < 1.29 is 13.6 Å². The maximum Gasteiger partial charge on any atom is 0.241 e. The van der Waals surface area contributed by atoms with E-state index in [1.807, 2.05) is 0 Å². The van der Waals surface area contributed by atoms with Crippen molar-refractivity contribution in [3.05, 3.63) is 29.3 Å². The molecule has 1 aromatic rings. The van der Waals surface area contributed by atoms with Crippen LogP contribution in [0.2, 0.25) is 0 Å². The van der Waals surface area contributed by atoms with Crippen LogP contribution in [0.25, 0.3) is 0 Å². The van der Waals surface area contributed by atoms with E-state index in [9.17, 15) is 13.6 Å². The third-order valence-electron chi connectivity index (χ3n) is 2.72. The summed E-state index contributed by atoms with van der Waals surface area (Å²) in [4.78, 5) is 11.8. The monoisotopic (exact) mass is 256 g/mol. The SMILES string of the molecule is Cc1cc(F)c(NC(=O)[C@H](N)C(C)(C)C)cc1F. The zero-order valence-corrected chi connectivity index (χ0v) is 11.0. The maximum atomic E-state index is 13.5. The van der Waals surface area contributed by atoms with Gasteiger partial charge in [-0.3, -0.25) is 4.79 Å². The van der Waals surface area contributed by atoms with Gasteiger partial charge in [-0.15, -0.1) is 0 Å². The summed E-state index contributed by atoms with van der Waals surface area (Å²) < 4.78 is 26.8. The molecule has 1 amide bonds. The Morgan fingerprint density at radius 2 is 1.83 bits per heavy atom. The summed E-state index contributed by atoms with van der Waals surface area (Å²) in [6, 6.07) is 1.19. The van der Waals surface area contributed by atoms with Crippen LogP contribution in [0, 0.1) is 24.0 Å². The molecule has 0 radical (unpaired) electrons. The number of hydrogen-bond donors (Lipinski definition) is 2.